The number of hydrogen-bond donors (Lipinski definition) is 1. The van der Waals surface area contributed by atoms with Gasteiger partial charge >= 0.3 is 6.03 Å². The van der Waals surface area contributed by atoms with Crippen LogP contribution >= 0.6 is 0 Å². The molecule has 2 aliphatic heterocycles. The number of benzene rings is 2. The minimum atomic E-state index is 0.00228. The van der Waals surface area contributed by atoms with E-state index >= 15 is 0 Å². The lowest BCUT2D eigenvalue weighted by atomic mass is 9.78. The first kappa shape index (κ1) is 26.1. The first-order valence-electron chi connectivity index (χ1n) is 13.5. The normalized spacial score (nSPS) is 17.0. The predicted molar refractivity (Wildman–Crippen MR) is 145 cm³/mol. The molecule has 1 N–H and O–H groups in total. The number of rotatable bonds is 7. The minimum absolute atomic E-state index is 0.00228. The van der Waals surface area contributed by atoms with Crippen molar-refractivity contribution in [3.8, 4) is 5.75 Å². The van der Waals surface area contributed by atoms with Crippen molar-refractivity contribution in [2.75, 3.05) is 38.1 Å². The van der Waals surface area contributed by atoms with Gasteiger partial charge in [0, 0.05) is 31.9 Å². The maximum Gasteiger partial charge on any atom is 0.321 e. The summed E-state index contributed by atoms with van der Waals surface area (Å²) in [6.45, 7) is 11.5. The number of nitrogens with one attached hydrogen (secondary N) is 1. The zero-order chi connectivity index (χ0) is 25.7. The predicted octanol–water partition coefficient (Wildman–Crippen LogP) is 6.00. The van der Waals surface area contributed by atoms with E-state index in [1.807, 2.05) is 41.0 Å². The number of para-hydroxylation sites is 2. The molecule has 2 saturated heterocycles. The van der Waals surface area contributed by atoms with Crippen LogP contribution in [0.4, 0.5) is 10.5 Å². The van der Waals surface area contributed by atoms with Gasteiger partial charge in [-0.05, 0) is 66.7 Å². The third kappa shape index (κ3) is 5.85. The Bertz CT molecular complexity index is 1070. The van der Waals surface area contributed by atoms with E-state index in [-0.39, 0.29) is 24.0 Å². The average Bonchev–Trinajstić information content (AvgIpc) is 3.28. The SMILES string of the molecule is CCCc1cccc(C(C)C)c1NC(=O)N1CCC2(CCN(C(=O)COc3ccccc3C)CC2)C1. The second kappa shape index (κ2) is 11.4. The second-order valence-corrected chi connectivity index (χ2v) is 10.8. The molecule has 0 radical (unpaired) electrons. The molecule has 3 amide bonds. The Morgan fingerprint density at radius 2 is 1.69 bits per heavy atom. The van der Waals surface area contributed by atoms with Gasteiger partial charge in [0.15, 0.2) is 6.61 Å². The largest absolute Gasteiger partial charge is 0.484 e. The van der Waals surface area contributed by atoms with Gasteiger partial charge in [0.05, 0.1) is 0 Å². The molecule has 0 atom stereocenters. The van der Waals surface area contributed by atoms with Gasteiger partial charge in [0.1, 0.15) is 5.75 Å². The molecule has 2 aromatic rings. The van der Waals surface area contributed by atoms with Crippen LogP contribution in [0.2, 0.25) is 0 Å². The quantitative estimate of drug-likeness (QED) is 0.517. The summed E-state index contributed by atoms with van der Waals surface area (Å²) in [7, 11) is 0. The summed E-state index contributed by atoms with van der Waals surface area (Å²) in [6, 6.07) is 14.1. The van der Waals surface area contributed by atoms with Crippen LogP contribution in [0.15, 0.2) is 42.5 Å². The van der Waals surface area contributed by atoms with Gasteiger partial charge in [-0.3, -0.25) is 4.79 Å². The Hall–Kier alpha value is -3.02. The van der Waals surface area contributed by atoms with Gasteiger partial charge in [-0.1, -0.05) is 63.6 Å². The lowest BCUT2D eigenvalue weighted by molar-refractivity contribution is -0.135. The molecule has 0 aliphatic carbocycles. The molecule has 0 unspecified atom stereocenters. The molecule has 6 nitrogen and oxygen atoms in total. The molecule has 2 aromatic carbocycles. The van der Waals surface area contributed by atoms with Gasteiger partial charge in [-0.15, -0.1) is 0 Å². The lowest BCUT2D eigenvalue weighted by Gasteiger charge is -2.39. The summed E-state index contributed by atoms with van der Waals surface area (Å²) in [5.41, 5.74) is 4.54. The highest BCUT2D eigenvalue weighted by Gasteiger charge is 2.43. The number of likely N-dealkylation sites (tertiary alicyclic amines) is 2. The number of carbonyl (C=O) groups is 2. The van der Waals surface area contributed by atoms with Crippen LogP contribution in [-0.2, 0) is 11.2 Å². The molecule has 4 rings (SSSR count). The Labute approximate surface area is 216 Å². The van der Waals surface area contributed by atoms with Gasteiger partial charge in [0.2, 0.25) is 0 Å². The molecule has 36 heavy (non-hydrogen) atoms. The van der Waals surface area contributed by atoms with E-state index in [1.54, 1.807) is 0 Å². The topological polar surface area (TPSA) is 61.9 Å². The number of aryl methyl sites for hydroxylation is 2. The second-order valence-electron chi connectivity index (χ2n) is 10.8. The third-order valence-electron chi connectivity index (χ3n) is 7.90. The van der Waals surface area contributed by atoms with Crippen molar-refractivity contribution in [3.63, 3.8) is 0 Å². The van der Waals surface area contributed by atoms with E-state index in [2.05, 4.69) is 44.3 Å². The molecule has 1 spiro atoms. The van der Waals surface area contributed by atoms with Crippen LogP contribution < -0.4 is 10.1 Å². The Balaban J connectivity index is 1.32. The first-order valence-corrected chi connectivity index (χ1v) is 13.5. The standard InChI is InChI=1S/C30H41N3O3/c1-5-9-24-11-8-12-25(22(2)3)28(24)31-29(35)33-19-16-30(21-33)14-17-32(18-15-30)27(34)20-36-26-13-7-6-10-23(26)4/h6-8,10-13,22H,5,9,14-21H2,1-4H3,(H,31,35). The number of urea groups is 1. The van der Waals surface area contributed by atoms with E-state index in [9.17, 15) is 9.59 Å². The number of carbonyl (C=O) groups excluding carboxylic acids is 2. The van der Waals surface area contributed by atoms with E-state index in [0.29, 0.717) is 5.92 Å². The molecule has 2 heterocycles. The minimum Gasteiger partial charge on any atom is -0.484 e. The van der Waals surface area contributed by atoms with Crippen molar-refractivity contribution >= 4 is 17.6 Å². The van der Waals surface area contributed by atoms with Crippen LogP contribution in [0.5, 0.6) is 5.75 Å². The molecular formula is C30H41N3O3. The number of anilines is 1. The maximum absolute atomic E-state index is 13.3. The van der Waals surface area contributed by atoms with Crippen molar-refractivity contribution in [1.82, 2.24) is 9.80 Å². The van der Waals surface area contributed by atoms with Crippen LogP contribution in [0.1, 0.15) is 69.1 Å². The molecule has 2 fully saturated rings. The molecule has 0 saturated carbocycles. The zero-order valence-electron chi connectivity index (χ0n) is 22.3. The molecule has 0 bridgehead atoms. The highest BCUT2D eigenvalue weighted by atomic mass is 16.5. The van der Waals surface area contributed by atoms with Gasteiger partial charge < -0.3 is 19.9 Å². The summed E-state index contributed by atoms with van der Waals surface area (Å²) in [4.78, 5) is 30.0. The van der Waals surface area contributed by atoms with Gasteiger partial charge in [-0.25, -0.2) is 4.79 Å². The number of ether oxygens (including phenoxy) is 1. The Morgan fingerprint density at radius 3 is 2.36 bits per heavy atom. The van der Waals surface area contributed by atoms with Gasteiger partial charge in [0.25, 0.3) is 5.91 Å². The number of amides is 3. The van der Waals surface area contributed by atoms with E-state index in [1.165, 1.54) is 11.1 Å². The van der Waals surface area contributed by atoms with Crippen molar-refractivity contribution in [3.05, 3.63) is 59.2 Å². The van der Waals surface area contributed by atoms with Crippen molar-refractivity contribution in [2.45, 2.75) is 65.7 Å². The zero-order valence-corrected chi connectivity index (χ0v) is 22.3. The number of hydrogen-bond acceptors (Lipinski definition) is 3. The molecular weight excluding hydrogens is 450 g/mol. The molecule has 194 valence electrons. The van der Waals surface area contributed by atoms with Crippen LogP contribution in [0, 0.1) is 12.3 Å². The Kier molecular flexibility index (Phi) is 8.22. The third-order valence-corrected chi connectivity index (χ3v) is 7.90. The van der Waals surface area contributed by atoms with E-state index in [4.69, 9.17) is 4.74 Å². The Morgan fingerprint density at radius 1 is 1.00 bits per heavy atom. The van der Waals surface area contributed by atoms with E-state index in [0.717, 1.165) is 75.3 Å². The fourth-order valence-corrected chi connectivity index (χ4v) is 5.61. The smallest absolute Gasteiger partial charge is 0.321 e. The van der Waals surface area contributed by atoms with Crippen molar-refractivity contribution in [1.29, 1.82) is 0 Å². The van der Waals surface area contributed by atoms with Crippen molar-refractivity contribution in [2.24, 2.45) is 5.41 Å². The number of piperidine rings is 1. The highest BCUT2D eigenvalue weighted by molar-refractivity contribution is 5.91. The van der Waals surface area contributed by atoms with Crippen LogP contribution in [-0.4, -0.2) is 54.5 Å². The van der Waals surface area contributed by atoms with Gasteiger partial charge in [-0.2, -0.15) is 0 Å². The van der Waals surface area contributed by atoms with Crippen LogP contribution in [0.25, 0.3) is 0 Å². The van der Waals surface area contributed by atoms with Crippen LogP contribution in [0.3, 0.4) is 0 Å². The average molecular weight is 492 g/mol. The summed E-state index contributed by atoms with van der Waals surface area (Å²) in [5, 5.41) is 3.28. The number of nitrogens with zero attached hydrogens (tertiary/aromatic N) is 2. The van der Waals surface area contributed by atoms with Crippen molar-refractivity contribution < 1.29 is 14.3 Å². The van der Waals surface area contributed by atoms with E-state index < -0.39 is 0 Å². The summed E-state index contributed by atoms with van der Waals surface area (Å²) in [6.07, 6.45) is 4.85. The molecule has 2 aliphatic rings. The first-order chi connectivity index (χ1) is 17.3. The summed E-state index contributed by atoms with van der Waals surface area (Å²) < 4.78 is 5.77. The fourth-order valence-electron chi connectivity index (χ4n) is 5.61. The lowest BCUT2D eigenvalue weighted by Crippen LogP contribution is -2.46. The summed E-state index contributed by atoms with van der Waals surface area (Å²) >= 11 is 0. The highest BCUT2D eigenvalue weighted by Crippen LogP contribution is 2.41. The molecule has 0 aromatic heterocycles. The fraction of sp³-hybridized carbons (Fsp3) is 0.533. The molecule has 6 heteroatoms. The monoisotopic (exact) mass is 491 g/mol. The summed E-state index contributed by atoms with van der Waals surface area (Å²) in [5.74, 6) is 1.14. The maximum atomic E-state index is 13.3.